The van der Waals surface area contributed by atoms with E-state index in [1.165, 1.54) is 116 Å². The minimum atomic E-state index is -1.02. The quantitative estimate of drug-likeness (QED) is 0.0375. The van der Waals surface area contributed by atoms with Gasteiger partial charge >= 0.3 is 11.9 Å². The van der Waals surface area contributed by atoms with Crippen LogP contribution in [0.5, 0.6) is 0 Å². The third-order valence-electron chi connectivity index (χ3n) is 9.53. The summed E-state index contributed by atoms with van der Waals surface area (Å²) in [4.78, 5) is 35.0. The van der Waals surface area contributed by atoms with Crippen LogP contribution >= 0.6 is 0 Å². The molecule has 0 aliphatic rings. The van der Waals surface area contributed by atoms with Gasteiger partial charge in [-0.2, -0.15) is 0 Å². The minimum absolute atomic E-state index is 0.0178. The summed E-state index contributed by atoms with van der Waals surface area (Å²) < 4.78 is 6.00. The third-order valence-corrected chi connectivity index (χ3v) is 9.53. The molecule has 51 heavy (non-hydrogen) atoms. The predicted octanol–water partition coefficient (Wildman–Crippen LogP) is 13.3. The van der Waals surface area contributed by atoms with Crippen molar-refractivity contribution in [2.45, 2.75) is 225 Å². The maximum atomic E-state index is 12.7. The second-order valence-corrected chi connectivity index (χ2v) is 14.6. The molecule has 6 heteroatoms. The van der Waals surface area contributed by atoms with Gasteiger partial charge in [0.1, 0.15) is 12.6 Å². The van der Waals surface area contributed by atoms with E-state index in [0.717, 1.165) is 77.0 Å². The van der Waals surface area contributed by atoms with Crippen molar-refractivity contribution < 1.29 is 24.2 Å². The van der Waals surface area contributed by atoms with Crippen molar-refractivity contribution in [1.82, 2.24) is 5.32 Å². The molecule has 6 nitrogen and oxygen atoms in total. The largest absolute Gasteiger partial charge is 0.480 e. The minimum Gasteiger partial charge on any atom is -0.480 e. The number of carbonyl (C=O) groups excluding carboxylic acids is 2. The van der Waals surface area contributed by atoms with Gasteiger partial charge in [-0.05, 0) is 89.9 Å². The fraction of sp³-hybridized carbons (Fsp3) is 0.800. The molecular weight excluding hydrogens is 634 g/mol. The highest BCUT2D eigenvalue weighted by Gasteiger charge is 2.14. The molecule has 0 radical (unpaired) electrons. The van der Waals surface area contributed by atoms with E-state index < -0.39 is 5.97 Å². The molecule has 0 bridgehead atoms. The summed E-state index contributed by atoms with van der Waals surface area (Å²) in [7, 11) is 0. The van der Waals surface area contributed by atoms with Crippen molar-refractivity contribution in [3.05, 3.63) is 36.5 Å². The fourth-order valence-corrected chi connectivity index (χ4v) is 6.31. The van der Waals surface area contributed by atoms with Gasteiger partial charge in [0, 0.05) is 12.8 Å². The molecule has 0 aliphatic carbocycles. The number of hydrogen-bond acceptors (Lipinski definition) is 4. The molecule has 296 valence electrons. The average Bonchev–Trinajstić information content (AvgIpc) is 3.11. The summed E-state index contributed by atoms with van der Waals surface area (Å²) in [5.74, 6) is -1.26. The Labute approximate surface area is 315 Å². The van der Waals surface area contributed by atoms with Crippen molar-refractivity contribution >= 4 is 17.8 Å². The van der Waals surface area contributed by atoms with E-state index in [4.69, 9.17) is 9.84 Å². The topological polar surface area (TPSA) is 92.7 Å². The van der Waals surface area contributed by atoms with Crippen LogP contribution in [0.3, 0.4) is 0 Å². The van der Waals surface area contributed by atoms with Crippen molar-refractivity contribution in [3.63, 3.8) is 0 Å². The normalized spacial score (nSPS) is 12.4. The van der Waals surface area contributed by atoms with Crippen LogP contribution in [-0.2, 0) is 19.1 Å². The Morgan fingerprint density at radius 1 is 0.510 bits per heavy atom. The monoisotopic (exact) mass is 716 g/mol. The standard InChI is InChI=1S/C45H81NO5/c1-3-5-7-9-11-13-15-16-17-18-19-20-21-23-25-27-32-36-40-45(50)51-42(37-33-29-26-24-22-14-12-10-8-6-4-2)38-34-30-28-31-35-39-43(47)46-41-44(48)49/h12,14,17-18,24,26,42H,3-11,13,15-16,19-23,25,27-41H2,1-2H3,(H,46,47)(H,48,49)/b14-12-,18-17-,26-24-. The van der Waals surface area contributed by atoms with Gasteiger partial charge in [0.15, 0.2) is 0 Å². The van der Waals surface area contributed by atoms with E-state index in [0.29, 0.717) is 12.8 Å². The van der Waals surface area contributed by atoms with Crippen molar-refractivity contribution in [2.24, 2.45) is 0 Å². The number of allylic oxidation sites excluding steroid dienone is 6. The molecule has 2 N–H and O–H groups in total. The Morgan fingerprint density at radius 2 is 0.922 bits per heavy atom. The lowest BCUT2D eigenvalue weighted by molar-refractivity contribution is -0.150. The van der Waals surface area contributed by atoms with E-state index in [2.05, 4.69) is 55.6 Å². The number of esters is 1. The molecule has 0 saturated carbocycles. The van der Waals surface area contributed by atoms with Gasteiger partial charge in [-0.3, -0.25) is 14.4 Å². The van der Waals surface area contributed by atoms with Crippen LogP contribution in [0.2, 0.25) is 0 Å². The second-order valence-electron chi connectivity index (χ2n) is 14.6. The fourth-order valence-electron chi connectivity index (χ4n) is 6.31. The van der Waals surface area contributed by atoms with Gasteiger partial charge in [-0.1, -0.05) is 153 Å². The van der Waals surface area contributed by atoms with Gasteiger partial charge in [0.2, 0.25) is 5.91 Å². The highest BCUT2D eigenvalue weighted by molar-refractivity contribution is 5.80. The smallest absolute Gasteiger partial charge is 0.322 e. The molecule has 0 aliphatic heterocycles. The van der Waals surface area contributed by atoms with Crippen molar-refractivity contribution in [3.8, 4) is 0 Å². The van der Waals surface area contributed by atoms with Crippen LogP contribution < -0.4 is 5.32 Å². The molecular formula is C45H81NO5. The molecule has 0 rings (SSSR count). The summed E-state index contributed by atoms with van der Waals surface area (Å²) in [5, 5.41) is 11.1. The van der Waals surface area contributed by atoms with Crippen LogP contribution in [0.15, 0.2) is 36.5 Å². The molecule has 0 spiro atoms. The van der Waals surface area contributed by atoms with E-state index in [9.17, 15) is 14.4 Å². The summed E-state index contributed by atoms with van der Waals surface area (Å²) in [6.45, 7) is 4.19. The van der Waals surface area contributed by atoms with Crippen LogP contribution in [0.25, 0.3) is 0 Å². The zero-order valence-corrected chi connectivity index (χ0v) is 33.5. The summed E-state index contributed by atoms with van der Waals surface area (Å²) in [5.41, 5.74) is 0. The molecule has 0 aromatic carbocycles. The van der Waals surface area contributed by atoms with Gasteiger partial charge in [-0.25, -0.2) is 0 Å². The van der Waals surface area contributed by atoms with Crippen LogP contribution in [0.1, 0.15) is 219 Å². The number of carbonyl (C=O) groups is 3. The number of nitrogens with one attached hydrogen (secondary N) is 1. The maximum Gasteiger partial charge on any atom is 0.322 e. The number of hydrogen-bond donors (Lipinski definition) is 2. The molecule has 1 atom stereocenters. The SMILES string of the molecule is CCCCC/C=C\C/C=C\CCCC(CCCCCCCC(=O)NCC(=O)O)OC(=O)CCCCCCCCC/C=C\CCCCCCCCC. The molecule has 0 saturated heterocycles. The van der Waals surface area contributed by atoms with Crippen molar-refractivity contribution in [2.75, 3.05) is 6.54 Å². The highest BCUT2D eigenvalue weighted by atomic mass is 16.5. The summed E-state index contributed by atoms with van der Waals surface area (Å²) in [6.07, 6.45) is 49.8. The highest BCUT2D eigenvalue weighted by Crippen LogP contribution is 2.18. The first-order chi connectivity index (χ1) is 25.0. The molecule has 0 aromatic heterocycles. The Morgan fingerprint density at radius 3 is 1.49 bits per heavy atom. The van der Waals surface area contributed by atoms with Gasteiger partial charge in [0.05, 0.1) is 0 Å². The number of rotatable bonds is 39. The zero-order chi connectivity index (χ0) is 37.3. The lowest BCUT2D eigenvalue weighted by atomic mass is 10.0. The Hall–Kier alpha value is -2.37. The second kappa shape index (κ2) is 40.4. The van der Waals surface area contributed by atoms with E-state index in [1.54, 1.807) is 0 Å². The van der Waals surface area contributed by atoms with Crippen LogP contribution in [0.4, 0.5) is 0 Å². The Bertz CT molecular complexity index is 880. The molecule has 0 heterocycles. The Balaban J connectivity index is 4.16. The Kier molecular flexibility index (Phi) is 38.5. The van der Waals surface area contributed by atoms with E-state index in [1.807, 2.05) is 0 Å². The first-order valence-electron chi connectivity index (χ1n) is 21.6. The zero-order valence-electron chi connectivity index (χ0n) is 33.5. The number of ether oxygens (including phenoxy) is 1. The van der Waals surface area contributed by atoms with Crippen LogP contribution in [-0.4, -0.2) is 35.6 Å². The van der Waals surface area contributed by atoms with E-state index >= 15 is 0 Å². The maximum absolute atomic E-state index is 12.7. The number of amides is 1. The molecule has 1 unspecified atom stereocenters. The third kappa shape index (κ3) is 40.3. The van der Waals surface area contributed by atoms with Gasteiger partial charge in [0.25, 0.3) is 0 Å². The van der Waals surface area contributed by atoms with Crippen LogP contribution in [0, 0.1) is 0 Å². The number of carboxylic acid groups (broad SMARTS) is 1. The summed E-state index contributed by atoms with van der Waals surface area (Å²) >= 11 is 0. The lowest BCUT2D eigenvalue weighted by Crippen LogP contribution is -2.28. The molecule has 1 amide bonds. The summed E-state index contributed by atoms with van der Waals surface area (Å²) in [6, 6.07) is 0. The van der Waals surface area contributed by atoms with Gasteiger partial charge in [-0.15, -0.1) is 0 Å². The lowest BCUT2D eigenvalue weighted by Gasteiger charge is -2.18. The first-order valence-corrected chi connectivity index (χ1v) is 21.6. The molecule has 0 fully saturated rings. The number of carboxylic acids is 1. The predicted molar refractivity (Wildman–Crippen MR) is 217 cm³/mol. The molecule has 0 aromatic rings. The van der Waals surface area contributed by atoms with Crippen molar-refractivity contribution in [1.29, 1.82) is 0 Å². The number of aliphatic carboxylic acids is 1. The average molecular weight is 716 g/mol. The van der Waals surface area contributed by atoms with Gasteiger partial charge < -0.3 is 15.2 Å². The van der Waals surface area contributed by atoms with E-state index in [-0.39, 0.29) is 24.5 Å². The number of unbranched alkanes of at least 4 members (excludes halogenated alkanes) is 22. The first kappa shape index (κ1) is 48.6.